The molecule has 5 nitrogen and oxygen atoms in total. The molecule has 2 aromatic heterocycles. The summed E-state index contributed by atoms with van der Waals surface area (Å²) in [5.74, 6) is -0.632. The number of carbonyl (C=O) groups excluding carboxylic acids is 2. The molecule has 2 unspecified atom stereocenters. The normalized spacial score (nSPS) is 22.7. The molecule has 0 amide bonds. The average molecular weight is 366 g/mol. The van der Waals surface area contributed by atoms with E-state index in [9.17, 15) is 9.59 Å². The van der Waals surface area contributed by atoms with Crippen LogP contribution in [0.3, 0.4) is 0 Å². The van der Waals surface area contributed by atoms with E-state index in [1.165, 1.54) is 0 Å². The summed E-state index contributed by atoms with van der Waals surface area (Å²) in [5.41, 5.74) is 1.51. The Morgan fingerprint density at radius 2 is 1.56 bits per heavy atom. The van der Waals surface area contributed by atoms with E-state index >= 15 is 0 Å². The van der Waals surface area contributed by atoms with Crippen molar-refractivity contribution in [2.45, 2.75) is 51.6 Å². The number of aromatic nitrogens is 2. The Bertz CT molecular complexity index is 777. The summed E-state index contributed by atoms with van der Waals surface area (Å²) in [6.07, 6.45) is 9.73. The van der Waals surface area contributed by atoms with Gasteiger partial charge in [-0.15, -0.1) is 0 Å². The molecule has 27 heavy (non-hydrogen) atoms. The first-order valence-electron chi connectivity index (χ1n) is 9.53. The van der Waals surface area contributed by atoms with Crippen molar-refractivity contribution in [2.75, 3.05) is 0 Å². The zero-order valence-electron chi connectivity index (χ0n) is 15.9. The lowest BCUT2D eigenvalue weighted by atomic mass is 9.69. The van der Waals surface area contributed by atoms with Crippen LogP contribution in [0.5, 0.6) is 0 Å². The van der Waals surface area contributed by atoms with E-state index in [-0.39, 0.29) is 24.0 Å². The number of rotatable bonds is 7. The fraction of sp³-hybridized carbons (Fsp3) is 0.455. The molecule has 2 aromatic rings. The van der Waals surface area contributed by atoms with Crippen LogP contribution >= 0.6 is 0 Å². The van der Waals surface area contributed by atoms with E-state index in [0.29, 0.717) is 12.8 Å². The van der Waals surface area contributed by atoms with Crippen LogP contribution in [0.25, 0.3) is 0 Å². The van der Waals surface area contributed by atoms with Crippen molar-refractivity contribution >= 4 is 11.8 Å². The Morgan fingerprint density at radius 1 is 1.00 bits per heavy atom. The van der Waals surface area contributed by atoms with Gasteiger partial charge >= 0.3 is 5.97 Å². The number of cyclic esters (lactones) is 1. The second-order valence-corrected chi connectivity index (χ2v) is 7.53. The first-order chi connectivity index (χ1) is 13.0. The fourth-order valence-electron chi connectivity index (χ4n) is 4.05. The van der Waals surface area contributed by atoms with E-state index in [1.807, 2.05) is 38.1 Å². The maximum atomic E-state index is 12.8. The van der Waals surface area contributed by atoms with Crippen LogP contribution in [0.15, 0.2) is 49.1 Å². The minimum atomic E-state index is -0.761. The fourth-order valence-corrected chi connectivity index (χ4v) is 4.05. The van der Waals surface area contributed by atoms with Crippen LogP contribution in [-0.4, -0.2) is 27.3 Å². The highest BCUT2D eigenvalue weighted by atomic mass is 16.6. The van der Waals surface area contributed by atoms with Gasteiger partial charge in [0.1, 0.15) is 12.0 Å². The number of esters is 1. The van der Waals surface area contributed by atoms with Gasteiger partial charge in [0.2, 0.25) is 0 Å². The van der Waals surface area contributed by atoms with Crippen LogP contribution in [0.4, 0.5) is 0 Å². The summed E-state index contributed by atoms with van der Waals surface area (Å²) >= 11 is 0. The number of ketones is 1. The standard InChI is InChI=1S/C22H26N2O3/c1-16(2)22(10-5-18-8-13-24-14-9-18)19(20(25)15-21(26)27-22)4-3-17-6-11-23-12-7-17/h6-9,11-14,16,19H,3-5,10,15H2,1-2H3. The lowest BCUT2D eigenvalue weighted by Crippen LogP contribution is -2.54. The molecule has 142 valence electrons. The smallest absolute Gasteiger partial charge is 0.313 e. The van der Waals surface area contributed by atoms with Crippen molar-refractivity contribution in [1.82, 2.24) is 9.97 Å². The Kier molecular flexibility index (Phi) is 5.99. The minimum Gasteiger partial charge on any atom is -0.458 e. The summed E-state index contributed by atoms with van der Waals surface area (Å²) in [4.78, 5) is 33.1. The van der Waals surface area contributed by atoms with Crippen molar-refractivity contribution in [3.63, 3.8) is 0 Å². The number of ether oxygens (including phenoxy) is 1. The van der Waals surface area contributed by atoms with E-state index in [4.69, 9.17) is 4.74 Å². The molecular formula is C22H26N2O3. The van der Waals surface area contributed by atoms with Gasteiger partial charge < -0.3 is 4.74 Å². The van der Waals surface area contributed by atoms with Crippen LogP contribution in [0, 0.1) is 11.8 Å². The van der Waals surface area contributed by atoms with Crippen LogP contribution < -0.4 is 0 Å². The molecule has 5 heteroatoms. The third-order valence-corrected chi connectivity index (χ3v) is 5.60. The quantitative estimate of drug-likeness (QED) is 0.553. The van der Waals surface area contributed by atoms with Gasteiger partial charge in [-0.25, -0.2) is 0 Å². The van der Waals surface area contributed by atoms with Gasteiger partial charge in [0.25, 0.3) is 0 Å². The highest BCUT2D eigenvalue weighted by Crippen LogP contribution is 2.42. The number of Topliss-reactive ketones (excluding diaryl/α,β-unsaturated/α-hetero) is 1. The first-order valence-corrected chi connectivity index (χ1v) is 9.53. The Labute approximate surface area is 160 Å². The SMILES string of the molecule is CC(C)C1(CCc2ccncc2)OC(=O)CC(=O)C1CCc1ccncc1. The molecule has 3 heterocycles. The minimum absolute atomic E-state index is 0.00346. The third-order valence-electron chi connectivity index (χ3n) is 5.60. The number of carbonyl (C=O) groups is 2. The highest BCUT2D eigenvalue weighted by molar-refractivity contribution is 5.99. The molecular weight excluding hydrogens is 340 g/mol. The molecule has 3 rings (SSSR count). The molecule has 0 radical (unpaired) electrons. The highest BCUT2D eigenvalue weighted by Gasteiger charge is 2.51. The second kappa shape index (κ2) is 8.42. The van der Waals surface area contributed by atoms with Crippen molar-refractivity contribution < 1.29 is 14.3 Å². The third kappa shape index (κ3) is 4.41. The molecule has 1 aliphatic heterocycles. The maximum absolute atomic E-state index is 12.8. The maximum Gasteiger partial charge on any atom is 0.313 e. The molecule has 0 aromatic carbocycles. The van der Waals surface area contributed by atoms with E-state index in [0.717, 1.165) is 24.0 Å². The van der Waals surface area contributed by atoms with Crippen LogP contribution in [0.1, 0.15) is 44.2 Å². The first kappa shape index (κ1) is 19.2. The van der Waals surface area contributed by atoms with Gasteiger partial charge in [0, 0.05) is 24.8 Å². The second-order valence-electron chi connectivity index (χ2n) is 7.53. The summed E-state index contributed by atoms with van der Waals surface area (Å²) < 4.78 is 5.94. The zero-order chi connectivity index (χ0) is 19.3. The van der Waals surface area contributed by atoms with Crippen LogP contribution in [0.2, 0.25) is 0 Å². The van der Waals surface area contributed by atoms with E-state index in [2.05, 4.69) is 9.97 Å². The number of hydrogen-bond donors (Lipinski definition) is 0. The molecule has 2 atom stereocenters. The van der Waals surface area contributed by atoms with Crippen LogP contribution in [-0.2, 0) is 27.2 Å². The molecule has 1 aliphatic rings. The lowest BCUT2D eigenvalue weighted by molar-refractivity contribution is -0.188. The Morgan fingerprint density at radius 3 is 2.11 bits per heavy atom. The number of hydrogen-bond acceptors (Lipinski definition) is 5. The number of nitrogens with zero attached hydrogens (tertiary/aromatic N) is 2. The molecule has 1 saturated heterocycles. The number of aryl methyl sites for hydroxylation is 2. The van der Waals surface area contributed by atoms with Crippen molar-refractivity contribution in [3.8, 4) is 0 Å². The summed E-state index contributed by atoms with van der Waals surface area (Å²) in [6.45, 7) is 4.08. The lowest BCUT2D eigenvalue weighted by Gasteiger charge is -2.45. The molecule has 0 saturated carbocycles. The number of pyridine rings is 2. The predicted octanol–water partition coefficient (Wildman–Crippen LogP) is 3.57. The topological polar surface area (TPSA) is 69.2 Å². The molecule has 0 spiro atoms. The summed E-state index contributed by atoms with van der Waals surface area (Å²) in [7, 11) is 0. The monoisotopic (exact) mass is 366 g/mol. The van der Waals surface area contributed by atoms with Crippen molar-refractivity contribution in [1.29, 1.82) is 0 Å². The van der Waals surface area contributed by atoms with E-state index in [1.54, 1.807) is 24.8 Å². The van der Waals surface area contributed by atoms with Gasteiger partial charge in [0.05, 0.1) is 5.92 Å². The largest absolute Gasteiger partial charge is 0.458 e. The zero-order valence-corrected chi connectivity index (χ0v) is 15.9. The Balaban J connectivity index is 1.83. The molecule has 0 aliphatic carbocycles. The summed E-state index contributed by atoms with van der Waals surface area (Å²) in [6, 6.07) is 7.86. The average Bonchev–Trinajstić information content (AvgIpc) is 2.67. The predicted molar refractivity (Wildman–Crippen MR) is 102 cm³/mol. The van der Waals surface area contributed by atoms with Gasteiger partial charge in [-0.3, -0.25) is 19.6 Å². The molecule has 0 N–H and O–H groups in total. The van der Waals surface area contributed by atoms with Gasteiger partial charge in [-0.2, -0.15) is 0 Å². The van der Waals surface area contributed by atoms with Gasteiger partial charge in [-0.05, 0) is 67.0 Å². The van der Waals surface area contributed by atoms with Gasteiger partial charge in [-0.1, -0.05) is 13.8 Å². The van der Waals surface area contributed by atoms with Crippen molar-refractivity contribution in [2.24, 2.45) is 11.8 Å². The van der Waals surface area contributed by atoms with E-state index < -0.39 is 11.6 Å². The van der Waals surface area contributed by atoms with Crippen molar-refractivity contribution in [3.05, 3.63) is 60.2 Å². The molecule has 0 bridgehead atoms. The molecule has 1 fully saturated rings. The summed E-state index contributed by atoms with van der Waals surface area (Å²) in [5, 5.41) is 0. The Hall–Kier alpha value is -2.56. The van der Waals surface area contributed by atoms with Gasteiger partial charge in [0.15, 0.2) is 5.78 Å².